The summed E-state index contributed by atoms with van der Waals surface area (Å²) in [6, 6.07) is 13.3. The highest BCUT2D eigenvalue weighted by molar-refractivity contribution is 8.00. The zero-order chi connectivity index (χ0) is 16.2. The SMILES string of the molecule is CC(Sc1ccccc1Cl)C(=O)NCc1cn2ccccc2n1. The van der Waals surface area contributed by atoms with Gasteiger partial charge in [-0.25, -0.2) is 4.98 Å². The monoisotopic (exact) mass is 345 g/mol. The number of hydrogen-bond acceptors (Lipinski definition) is 3. The van der Waals surface area contributed by atoms with Crippen molar-refractivity contribution in [3.8, 4) is 0 Å². The molecule has 1 atom stereocenters. The molecule has 0 saturated heterocycles. The number of imidazole rings is 1. The lowest BCUT2D eigenvalue weighted by molar-refractivity contribution is -0.120. The number of fused-ring (bicyclic) bond motifs is 1. The fourth-order valence-corrected chi connectivity index (χ4v) is 3.36. The van der Waals surface area contributed by atoms with Gasteiger partial charge >= 0.3 is 0 Å². The third-order valence-corrected chi connectivity index (χ3v) is 4.99. The number of benzene rings is 1. The van der Waals surface area contributed by atoms with E-state index >= 15 is 0 Å². The molecule has 0 saturated carbocycles. The molecular weight excluding hydrogens is 330 g/mol. The largest absolute Gasteiger partial charge is 0.349 e. The van der Waals surface area contributed by atoms with Gasteiger partial charge < -0.3 is 9.72 Å². The number of nitrogens with one attached hydrogen (secondary N) is 1. The molecule has 2 heterocycles. The second kappa shape index (κ2) is 7.06. The average Bonchev–Trinajstić information content (AvgIpc) is 2.97. The Morgan fingerprint density at radius 2 is 2.09 bits per heavy atom. The van der Waals surface area contributed by atoms with Crippen LogP contribution in [-0.4, -0.2) is 20.5 Å². The van der Waals surface area contributed by atoms with Crippen LogP contribution in [-0.2, 0) is 11.3 Å². The summed E-state index contributed by atoms with van der Waals surface area (Å²) in [6.07, 6.45) is 3.85. The van der Waals surface area contributed by atoms with Crippen LogP contribution in [0.2, 0.25) is 5.02 Å². The quantitative estimate of drug-likeness (QED) is 0.716. The van der Waals surface area contributed by atoms with Gasteiger partial charge in [0.25, 0.3) is 0 Å². The number of pyridine rings is 1. The molecule has 1 aromatic carbocycles. The van der Waals surface area contributed by atoms with Crippen molar-refractivity contribution in [2.45, 2.75) is 23.6 Å². The van der Waals surface area contributed by atoms with Crippen molar-refractivity contribution in [3.63, 3.8) is 0 Å². The molecule has 23 heavy (non-hydrogen) atoms. The van der Waals surface area contributed by atoms with Gasteiger partial charge in [-0.3, -0.25) is 4.79 Å². The molecule has 0 aliphatic rings. The highest BCUT2D eigenvalue weighted by Crippen LogP contribution is 2.29. The van der Waals surface area contributed by atoms with E-state index < -0.39 is 0 Å². The number of carbonyl (C=O) groups excluding carboxylic acids is 1. The minimum atomic E-state index is -0.230. The van der Waals surface area contributed by atoms with E-state index in [1.54, 1.807) is 0 Å². The minimum absolute atomic E-state index is 0.0352. The lowest BCUT2D eigenvalue weighted by atomic mass is 10.4. The molecule has 4 nitrogen and oxygen atoms in total. The second-order valence-corrected chi connectivity index (χ2v) is 6.90. The summed E-state index contributed by atoms with van der Waals surface area (Å²) in [6.45, 7) is 2.28. The van der Waals surface area contributed by atoms with Gasteiger partial charge in [-0.2, -0.15) is 0 Å². The number of rotatable bonds is 5. The molecule has 2 aromatic heterocycles. The summed E-state index contributed by atoms with van der Waals surface area (Å²) in [4.78, 5) is 17.6. The first-order chi connectivity index (χ1) is 11.1. The van der Waals surface area contributed by atoms with Gasteiger partial charge in [0, 0.05) is 17.3 Å². The topological polar surface area (TPSA) is 46.4 Å². The first-order valence-electron chi connectivity index (χ1n) is 7.25. The van der Waals surface area contributed by atoms with E-state index in [2.05, 4.69) is 10.3 Å². The van der Waals surface area contributed by atoms with Crippen molar-refractivity contribution < 1.29 is 4.79 Å². The van der Waals surface area contributed by atoms with Crippen LogP contribution in [0.5, 0.6) is 0 Å². The normalized spacial score (nSPS) is 12.3. The maximum atomic E-state index is 12.2. The summed E-state index contributed by atoms with van der Waals surface area (Å²) >= 11 is 7.57. The molecule has 0 spiro atoms. The second-order valence-electron chi connectivity index (χ2n) is 5.11. The molecule has 6 heteroatoms. The molecule has 0 aliphatic carbocycles. The van der Waals surface area contributed by atoms with Crippen LogP contribution in [0.4, 0.5) is 0 Å². The molecule has 0 fully saturated rings. The summed E-state index contributed by atoms with van der Waals surface area (Å²) in [7, 11) is 0. The minimum Gasteiger partial charge on any atom is -0.349 e. The number of halogens is 1. The average molecular weight is 346 g/mol. The molecule has 0 bridgehead atoms. The van der Waals surface area contributed by atoms with Gasteiger partial charge in [0.2, 0.25) is 5.91 Å². The Morgan fingerprint density at radius 3 is 2.87 bits per heavy atom. The molecule has 3 rings (SSSR count). The Morgan fingerprint density at radius 1 is 1.30 bits per heavy atom. The summed E-state index contributed by atoms with van der Waals surface area (Å²) in [5.41, 5.74) is 1.70. The van der Waals surface area contributed by atoms with Crippen LogP contribution >= 0.6 is 23.4 Å². The molecule has 3 aromatic rings. The summed E-state index contributed by atoms with van der Waals surface area (Å²) in [5.74, 6) is -0.0352. The van der Waals surface area contributed by atoms with E-state index in [0.29, 0.717) is 11.6 Å². The van der Waals surface area contributed by atoms with E-state index in [4.69, 9.17) is 11.6 Å². The zero-order valence-corrected chi connectivity index (χ0v) is 14.1. The van der Waals surface area contributed by atoms with Crippen LogP contribution < -0.4 is 5.32 Å². The van der Waals surface area contributed by atoms with Crippen LogP contribution in [0.25, 0.3) is 5.65 Å². The molecule has 118 valence electrons. The van der Waals surface area contributed by atoms with E-state index in [9.17, 15) is 4.79 Å². The van der Waals surface area contributed by atoms with Gasteiger partial charge in [-0.15, -0.1) is 11.8 Å². The van der Waals surface area contributed by atoms with Crippen LogP contribution in [0.15, 0.2) is 59.8 Å². The van der Waals surface area contributed by atoms with Crippen molar-refractivity contribution in [2.75, 3.05) is 0 Å². The molecule has 0 aliphatic heterocycles. The van der Waals surface area contributed by atoms with Gasteiger partial charge in [0.05, 0.1) is 22.5 Å². The molecular formula is C17H16ClN3OS. The number of carbonyl (C=O) groups is 1. The van der Waals surface area contributed by atoms with E-state index in [1.807, 2.05) is 66.2 Å². The van der Waals surface area contributed by atoms with Gasteiger partial charge in [0.15, 0.2) is 0 Å². The number of aromatic nitrogens is 2. The first-order valence-corrected chi connectivity index (χ1v) is 8.51. The Labute approximate surface area is 143 Å². The van der Waals surface area contributed by atoms with Crippen LogP contribution in [0.1, 0.15) is 12.6 Å². The van der Waals surface area contributed by atoms with E-state index in [1.165, 1.54) is 11.8 Å². The van der Waals surface area contributed by atoms with E-state index in [-0.39, 0.29) is 11.2 Å². The number of hydrogen-bond donors (Lipinski definition) is 1. The van der Waals surface area contributed by atoms with E-state index in [0.717, 1.165) is 16.2 Å². The molecule has 1 amide bonds. The van der Waals surface area contributed by atoms with Gasteiger partial charge in [-0.05, 0) is 31.2 Å². The Bertz CT molecular complexity index is 800. The number of thioether (sulfide) groups is 1. The Balaban J connectivity index is 1.59. The van der Waals surface area contributed by atoms with Gasteiger partial charge in [0.1, 0.15) is 5.65 Å². The van der Waals surface area contributed by atoms with Crippen LogP contribution in [0, 0.1) is 0 Å². The third kappa shape index (κ3) is 3.86. The fourth-order valence-electron chi connectivity index (χ4n) is 2.18. The van der Waals surface area contributed by atoms with Crippen molar-refractivity contribution in [1.29, 1.82) is 0 Å². The van der Waals surface area contributed by atoms with Crippen molar-refractivity contribution >= 4 is 34.9 Å². The highest BCUT2D eigenvalue weighted by Gasteiger charge is 2.15. The van der Waals surface area contributed by atoms with Crippen molar-refractivity contribution in [1.82, 2.24) is 14.7 Å². The standard InChI is InChI=1S/C17H16ClN3OS/c1-12(23-15-7-3-2-6-14(15)18)17(22)19-10-13-11-21-9-5-4-8-16(21)20-13/h2-9,11-12H,10H2,1H3,(H,19,22). The summed E-state index contributed by atoms with van der Waals surface area (Å²) in [5, 5.41) is 3.36. The van der Waals surface area contributed by atoms with Crippen molar-refractivity contribution in [3.05, 3.63) is 65.6 Å². The lowest BCUT2D eigenvalue weighted by Gasteiger charge is -2.12. The predicted molar refractivity (Wildman–Crippen MR) is 93.8 cm³/mol. The summed E-state index contributed by atoms with van der Waals surface area (Å²) < 4.78 is 1.93. The van der Waals surface area contributed by atoms with Crippen LogP contribution in [0.3, 0.4) is 0 Å². The maximum Gasteiger partial charge on any atom is 0.233 e. The predicted octanol–water partition coefficient (Wildman–Crippen LogP) is 3.78. The lowest BCUT2D eigenvalue weighted by Crippen LogP contribution is -2.30. The maximum absolute atomic E-state index is 12.2. The molecule has 1 unspecified atom stereocenters. The smallest absolute Gasteiger partial charge is 0.233 e. The fraction of sp³-hybridized carbons (Fsp3) is 0.176. The zero-order valence-electron chi connectivity index (χ0n) is 12.6. The molecule has 0 radical (unpaired) electrons. The number of amides is 1. The van der Waals surface area contributed by atoms with Gasteiger partial charge in [-0.1, -0.05) is 29.8 Å². The Kier molecular flexibility index (Phi) is 4.88. The third-order valence-electron chi connectivity index (χ3n) is 3.37. The number of nitrogens with zero attached hydrogens (tertiary/aromatic N) is 2. The molecule has 1 N–H and O–H groups in total. The first kappa shape index (κ1) is 15.9. The highest BCUT2D eigenvalue weighted by atomic mass is 35.5. The van der Waals surface area contributed by atoms with Crippen molar-refractivity contribution in [2.24, 2.45) is 0 Å². The Hall–Kier alpha value is -1.98.